The Morgan fingerprint density at radius 1 is 1.11 bits per heavy atom. The first kappa shape index (κ1) is 16.5. The number of hydrogen-bond donors (Lipinski definition) is 0. The first-order chi connectivity index (χ1) is 13.0. The van der Waals surface area contributed by atoms with Crippen molar-refractivity contribution in [3.63, 3.8) is 0 Å². The number of benzene rings is 1. The van der Waals surface area contributed by atoms with Crippen LogP contribution in [0.5, 0.6) is 0 Å². The van der Waals surface area contributed by atoms with Crippen LogP contribution in [0.3, 0.4) is 0 Å². The van der Waals surface area contributed by atoms with Crippen molar-refractivity contribution in [2.45, 2.75) is 38.8 Å². The summed E-state index contributed by atoms with van der Waals surface area (Å²) in [5, 5.41) is 4.51. The Hall–Kier alpha value is -2.70. The van der Waals surface area contributed by atoms with Gasteiger partial charge < -0.3 is 4.90 Å². The molecule has 3 aliphatic rings. The van der Waals surface area contributed by atoms with Gasteiger partial charge in [-0.05, 0) is 24.8 Å². The number of amides is 1. The highest BCUT2D eigenvalue weighted by molar-refractivity contribution is 5.81. The van der Waals surface area contributed by atoms with Crippen LogP contribution in [-0.2, 0) is 24.3 Å². The van der Waals surface area contributed by atoms with E-state index in [9.17, 15) is 14.4 Å². The molecule has 1 aromatic carbocycles. The maximum atomic E-state index is 12.7. The van der Waals surface area contributed by atoms with Crippen molar-refractivity contribution in [2.75, 3.05) is 13.1 Å². The number of hydrogen-bond acceptors (Lipinski definition) is 4. The van der Waals surface area contributed by atoms with Crippen molar-refractivity contribution in [1.29, 1.82) is 0 Å². The lowest BCUT2D eigenvalue weighted by atomic mass is 9.86. The number of likely N-dealkylation sites (tertiary alicyclic amines) is 1. The molecule has 1 aliphatic carbocycles. The minimum absolute atomic E-state index is 0.151. The van der Waals surface area contributed by atoms with E-state index in [1.54, 1.807) is 0 Å². The fourth-order valence-electron chi connectivity index (χ4n) is 4.45. The molecule has 0 bridgehead atoms. The minimum Gasteiger partial charge on any atom is -0.342 e. The molecular weight excluding hydrogens is 344 g/mol. The molecule has 140 valence electrons. The second kappa shape index (κ2) is 5.90. The first-order valence-electron chi connectivity index (χ1n) is 9.58. The lowest BCUT2D eigenvalue weighted by Crippen LogP contribution is -2.43. The Morgan fingerprint density at radius 2 is 1.89 bits per heavy atom. The Bertz CT molecular complexity index is 1020. The number of carbonyl (C=O) groups excluding carboxylic acids is 1. The molecule has 1 saturated carbocycles. The predicted molar refractivity (Wildman–Crippen MR) is 98.4 cm³/mol. The molecule has 1 spiro atoms. The lowest BCUT2D eigenvalue weighted by molar-refractivity contribution is -0.131. The highest BCUT2D eigenvalue weighted by Gasteiger charge is 2.47. The van der Waals surface area contributed by atoms with Gasteiger partial charge in [-0.15, -0.1) is 0 Å². The Kier molecular flexibility index (Phi) is 3.60. The van der Waals surface area contributed by atoms with Crippen LogP contribution >= 0.6 is 0 Å². The highest BCUT2D eigenvalue weighted by atomic mass is 16.2. The monoisotopic (exact) mass is 366 g/mol. The van der Waals surface area contributed by atoms with E-state index in [-0.39, 0.29) is 17.2 Å². The second-order valence-electron chi connectivity index (χ2n) is 8.22. The maximum absolute atomic E-state index is 12.7. The smallest absolute Gasteiger partial charge is 0.332 e. The molecule has 0 unspecified atom stereocenters. The van der Waals surface area contributed by atoms with Gasteiger partial charge in [0, 0.05) is 37.4 Å². The summed E-state index contributed by atoms with van der Waals surface area (Å²) in [6.45, 7) is 2.19. The molecule has 1 atom stereocenters. The largest absolute Gasteiger partial charge is 0.342 e. The van der Waals surface area contributed by atoms with E-state index in [0.717, 1.165) is 31.4 Å². The van der Waals surface area contributed by atoms with E-state index in [4.69, 9.17) is 0 Å². The fourth-order valence-corrected chi connectivity index (χ4v) is 4.45. The molecular formula is C20H22N4O3. The van der Waals surface area contributed by atoms with Gasteiger partial charge in [0.1, 0.15) is 5.82 Å². The summed E-state index contributed by atoms with van der Waals surface area (Å²) >= 11 is 0. The predicted octanol–water partition coefficient (Wildman–Crippen LogP) is 0.638. The van der Waals surface area contributed by atoms with Crippen molar-refractivity contribution in [3.8, 4) is 0 Å². The normalized spacial score (nSPS) is 23.8. The van der Waals surface area contributed by atoms with Gasteiger partial charge >= 0.3 is 11.1 Å². The number of aromatic nitrogens is 3. The van der Waals surface area contributed by atoms with E-state index in [1.807, 2.05) is 35.2 Å². The van der Waals surface area contributed by atoms with Crippen molar-refractivity contribution < 1.29 is 4.79 Å². The molecule has 2 aromatic rings. The zero-order chi connectivity index (χ0) is 18.6. The third kappa shape index (κ3) is 2.81. The first-order valence-corrected chi connectivity index (χ1v) is 9.58. The molecule has 7 nitrogen and oxygen atoms in total. The van der Waals surface area contributed by atoms with Gasteiger partial charge in [-0.1, -0.05) is 30.3 Å². The third-order valence-electron chi connectivity index (χ3n) is 6.09. The molecule has 27 heavy (non-hydrogen) atoms. The summed E-state index contributed by atoms with van der Waals surface area (Å²) in [5.74, 6) is 1.13. The average molecular weight is 366 g/mol. The van der Waals surface area contributed by atoms with Gasteiger partial charge in [0.2, 0.25) is 5.91 Å². The SMILES string of the molecule is O=C(C1CC1)N1CC[C@@]2(Cc3nn(Cc4ccccc4)c(=O)c(=O)n3C2)C1. The quantitative estimate of drug-likeness (QED) is 0.747. The summed E-state index contributed by atoms with van der Waals surface area (Å²) in [7, 11) is 0. The van der Waals surface area contributed by atoms with E-state index in [2.05, 4.69) is 5.10 Å². The Morgan fingerprint density at radius 3 is 2.63 bits per heavy atom. The highest BCUT2D eigenvalue weighted by Crippen LogP contribution is 2.41. The van der Waals surface area contributed by atoms with Crippen LogP contribution in [0.1, 0.15) is 30.7 Å². The zero-order valence-corrected chi connectivity index (χ0v) is 15.1. The maximum Gasteiger partial charge on any atom is 0.332 e. The van der Waals surface area contributed by atoms with Gasteiger partial charge in [0.05, 0.1) is 6.54 Å². The second-order valence-corrected chi connectivity index (χ2v) is 8.22. The summed E-state index contributed by atoms with van der Waals surface area (Å²) in [5.41, 5.74) is -0.295. The standard InChI is InChI=1S/C20H22N4O3/c25-17(15-6-7-15)22-9-8-20(12-22)10-16-21-24(11-14-4-2-1-3-5-14)19(27)18(26)23(16)13-20/h1-5,15H,6-13H2/t20-/m1/s1. The minimum atomic E-state index is -0.580. The number of nitrogens with zero attached hydrogens (tertiary/aromatic N) is 4. The van der Waals surface area contributed by atoms with E-state index in [1.165, 1.54) is 9.25 Å². The molecule has 1 saturated heterocycles. The molecule has 7 heteroatoms. The van der Waals surface area contributed by atoms with Crippen LogP contribution in [0.25, 0.3) is 0 Å². The lowest BCUT2D eigenvalue weighted by Gasteiger charge is -2.22. The van der Waals surface area contributed by atoms with Crippen molar-refractivity contribution >= 4 is 5.91 Å². The summed E-state index contributed by atoms with van der Waals surface area (Å²) in [4.78, 5) is 39.5. The van der Waals surface area contributed by atoms with E-state index in [0.29, 0.717) is 31.9 Å². The summed E-state index contributed by atoms with van der Waals surface area (Å²) in [6, 6.07) is 9.55. The van der Waals surface area contributed by atoms with Crippen molar-refractivity contribution in [2.24, 2.45) is 11.3 Å². The van der Waals surface area contributed by atoms with Crippen molar-refractivity contribution in [1.82, 2.24) is 19.2 Å². The van der Waals surface area contributed by atoms with Crippen LogP contribution < -0.4 is 11.1 Å². The van der Waals surface area contributed by atoms with Crippen LogP contribution in [0.2, 0.25) is 0 Å². The number of fused-ring (bicyclic) bond motifs is 1. The van der Waals surface area contributed by atoms with Gasteiger partial charge in [-0.2, -0.15) is 5.10 Å². The molecule has 1 aromatic heterocycles. The zero-order valence-electron chi connectivity index (χ0n) is 15.1. The van der Waals surface area contributed by atoms with Crippen LogP contribution in [-0.4, -0.2) is 38.2 Å². The van der Waals surface area contributed by atoms with E-state index < -0.39 is 11.1 Å². The van der Waals surface area contributed by atoms with Crippen LogP contribution in [0.4, 0.5) is 0 Å². The Labute approximate surface area is 156 Å². The average Bonchev–Trinajstić information content (AvgIpc) is 3.36. The fraction of sp³-hybridized carbons (Fsp3) is 0.500. The summed E-state index contributed by atoms with van der Waals surface area (Å²) in [6.07, 6.45) is 3.51. The molecule has 1 amide bonds. The Balaban J connectivity index is 1.42. The van der Waals surface area contributed by atoms with Gasteiger partial charge in [0.25, 0.3) is 0 Å². The number of rotatable bonds is 3. The third-order valence-corrected chi connectivity index (χ3v) is 6.09. The van der Waals surface area contributed by atoms with Crippen LogP contribution in [0, 0.1) is 11.3 Å². The summed E-state index contributed by atoms with van der Waals surface area (Å²) < 4.78 is 2.82. The van der Waals surface area contributed by atoms with Gasteiger partial charge in [0.15, 0.2) is 0 Å². The molecule has 2 fully saturated rings. The molecule has 3 heterocycles. The molecule has 5 rings (SSSR count). The van der Waals surface area contributed by atoms with Crippen molar-refractivity contribution in [3.05, 3.63) is 62.4 Å². The number of carbonyl (C=O) groups is 1. The van der Waals surface area contributed by atoms with E-state index >= 15 is 0 Å². The topological polar surface area (TPSA) is 77.2 Å². The molecule has 0 N–H and O–H groups in total. The van der Waals surface area contributed by atoms with Crippen LogP contribution in [0.15, 0.2) is 39.9 Å². The van der Waals surface area contributed by atoms with Gasteiger partial charge in [-0.3, -0.25) is 19.0 Å². The van der Waals surface area contributed by atoms with Gasteiger partial charge in [-0.25, -0.2) is 4.68 Å². The molecule has 0 radical (unpaired) electrons. The molecule has 2 aliphatic heterocycles.